The van der Waals surface area contributed by atoms with Crippen molar-refractivity contribution in [1.29, 1.82) is 5.26 Å². The highest BCUT2D eigenvalue weighted by atomic mass is 16.5. The largest absolute Gasteiger partial charge is 0.497 e. The standard InChI is InChI=1S/C23H26N2O5/c1-15-12-19(16(2)25(15)10-11-28-4)13-20(14-24)23(27)30-17(3)22(26)18-6-8-21(29-5)9-7-18/h6-9,12-13,17H,10-11H2,1-5H3/b20-13+/t17-/m0/s1. The molecule has 2 rings (SSSR count). The molecule has 0 aliphatic rings. The Morgan fingerprint density at radius 2 is 1.87 bits per heavy atom. The van der Waals surface area contributed by atoms with Crippen LogP contribution in [0.25, 0.3) is 6.08 Å². The highest BCUT2D eigenvalue weighted by molar-refractivity contribution is 6.03. The Balaban J connectivity index is 2.15. The van der Waals surface area contributed by atoms with Gasteiger partial charge in [0.2, 0.25) is 5.78 Å². The van der Waals surface area contributed by atoms with Crippen LogP contribution in [0.5, 0.6) is 5.75 Å². The van der Waals surface area contributed by atoms with E-state index < -0.39 is 12.1 Å². The van der Waals surface area contributed by atoms with E-state index in [2.05, 4.69) is 0 Å². The Bertz CT molecular complexity index is 980. The molecule has 1 heterocycles. The maximum atomic E-state index is 12.5. The van der Waals surface area contributed by atoms with E-state index in [-0.39, 0.29) is 11.4 Å². The molecule has 158 valence electrons. The normalized spacial score (nSPS) is 12.2. The highest BCUT2D eigenvalue weighted by Crippen LogP contribution is 2.19. The molecule has 0 unspecified atom stereocenters. The number of ketones is 1. The number of aromatic nitrogens is 1. The molecule has 1 atom stereocenters. The summed E-state index contributed by atoms with van der Waals surface area (Å²) >= 11 is 0. The van der Waals surface area contributed by atoms with Gasteiger partial charge in [0.05, 0.1) is 13.7 Å². The predicted octanol–water partition coefficient (Wildman–Crippen LogP) is 3.48. The lowest BCUT2D eigenvalue weighted by Crippen LogP contribution is -2.25. The smallest absolute Gasteiger partial charge is 0.349 e. The first-order valence-electron chi connectivity index (χ1n) is 9.49. The van der Waals surface area contributed by atoms with E-state index in [1.54, 1.807) is 31.4 Å². The minimum absolute atomic E-state index is 0.170. The summed E-state index contributed by atoms with van der Waals surface area (Å²) in [5, 5.41) is 9.45. The van der Waals surface area contributed by atoms with E-state index in [4.69, 9.17) is 14.2 Å². The molecule has 0 radical (unpaired) electrons. The van der Waals surface area contributed by atoms with Gasteiger partial charge in [0, 0.05) is 30.6 Å². The third-order valence-corrected chi connectivity index (χ3v) is 4.80. The van der Waals surface area contributed by atoms with Gasteiger partial charge in [0.1, 0.15) is 17.4 Å². The number of benzene rings is 1. The summed E-state index contributed by atoms with van der Waals surface area (Å²) in [6.07, 6.45) is 0.454. The molecular weight excluding hydrogens is 384 g/mol. The maximum Gasteiger partial charge on any atom is 0.349 e. The first kappa shape index (κ1) is 22.9. The minimum Gasteiger partial charge on any atom is -0.497 e. The van der Waals surface area contributed by atoms with Gasteiger partial charge in [-0.15, -0.1) is 0 Å². The second kappa shape index (κ2) is 10.4. The number of esters is 1. The van der Waals surface area contributed by atoms with Crippen LogP contribution in [0.3, 0.4) is 0 Å². The maximum absolute atomic E-state index is 12.5. The Morgan fingerprint density at radius 1 is 1.20 bits per heavy atom. The summed E-state index contributed by atoms with van der Waals surface area (Å²) in [5.74, 6) is -0.580. The van der Waals surface area contributed by atoms with Crippen LogP contribution in [-0.4, -0.2) is 43.3 Å². The summed E-state index contributed by atoms with van der Waals surface area (Å²) in [7, 11) is 3.17. The lowest BCUT2D eigenvalue weighted by Gasteiger charge is -2.12. The third-order valence-electron chi connectivity index (χ3n) is 4.80. The summed E-state index contributed by atoms with van der Waals surface area (Å²) in [5.41, 5.74) is 2.86. The molecular formula is C23H26N2O5. The van der Waals surface area contributed by atoms with Crippen LogP contribution in [0.15, 0.2) is 35.9 Å². The molecule has 0 aliphatic carbocycles. The van der Waals surface area contributed by atoms with Gasteiger partial charge < -0.3 is 18.8 Å². The van der Waals surface area contributed by atoms with Crippen LogP contribution in [-0.2, 0) is 20.8 Å². The van der Waals surface area contributed by atoms with Crippen molar-refractivity contribution < 1.29 is 23.8 Å². The highest BCUT2D eigenvalue weighted by Gasteiger charge is 2.22. The number of aryl methyl sites for hydroxylation is 1. The SMILES string of the molecule is COCCn1c(C)cc(/C=C(\C#N)C(=O)O[C@@H](C)C(=O)c2ccc(OC)cc2)c1C. The van der Waals surface area contributed by atoms with Crippen molar-refractivity contribution in [3.63, 3.8) is 0 Å². The molecule has 30 heavy (non-hydrogen) atoms. The van der Waals surface area contributed by atoms with Gasteiger partial charge >= 0.3 is 5.97 Å². The number of Topliss-reactive ketones (excluding diaryl/α,β-unsaturated/α-hetero) is 1. The van der Waals surface area contributed by atoms with E-state index >= 15 is 0 Å². The summed E-state index contributed by atoms with van der Waals surface area (Å²) < 4.78 is 17.5. The zero-order chi connectivity index (χ0) is 22.3. The average molecular weight is 410 g/mol. The molecule has 7 nitrogen and oxygen atoms in total. The van der Waals surface area contributed by atoms with Gasteiger partial charge in [-0.3, -0.25) is 4.79 Å². The van der Waals surface area contributed by atoms with Gasteiger partial charge in [-0.2, -0.15) is 5.26 Å². The Morgan fingerprint density at radius 3 is 2.43 bits per heavy atom. The number of ether oxygens (including phenoxy) is 3. The van der Waals surface area contributed by atoms with Crippen LogP contribution in [0.1, 0.15) is 34.2 Å². The first-order valence-corrected chi connectivity index (χ1v) is 9.49. The fraction of sp³-hybridized carbons (Fsp3) is 0.348. The van der Waals surface area contributed by atoms with Gasteiger partial charge in [-0.1, -0.05) is 0 Å². The summed E-state index contributed by atoms with van der Waals surface area (Å²) in [6.45, 7) is 6.56. The van der Waals surface area contributed by atoms with Crippen molar-refractivity contribution in [3.05, 3.63) is 58.4 Å². The monoisotopic (exact) mass is 410 g/mol. The predicted molar refractivity (Wildman–Crippen MR) is 112 cm³/mol. The van der Waals surface area contributed by atoms with E-state index in [1.165, 1.54) is 20.1 Å². The lowest BCUT2D eigenvalue weighted by atomic mass is 10.1. The van der Waals surface area contributed by atoms with Crippen molar-refractivity contribution in [2.75, 3.05) is 20.8 Å². The third kappa shape index (κ3) is 5.37. The quantitative estimate of drug-likeness (QED) is 0.272. The minimum atomic E-state index is -1.03. The van der Waals surface area contributed by atoms with Crippen molar-refractivity contribution in [2.24, 2.45) is 0 Å². The van der Waals surface area contributed by atoms with Crippen LogP contribution < -0.4 is 4.74 Å². The van der Waals surface area contributed by atoms with Crippen LogP contribution in [0.4, 0.5) is 0 Å². The van der Waals surface area contributed by atoms with Gasteiger partial charge in [-0.25, -0.2) is 4.79 Å². The number of rotatable bonds is 9. The molecule has 0 amide bonds. The zero-order valence-corrected chi connectivity index (χ0v) is 17.9. The van der Waals surface area contributed by atoms with Crippen LogP contribution in [0.2, 0.25) is 0 Å². The molecule has 7 heteroatoms. The molecule has 0 fully saturated rings. The number of hydrogen-bond donors (Lipinski definition) is 0. The topological polar surface area (TPSA) is 90.5 Å². The van der Waals surface area contributed by atoms with Gasteiger partial charge in [0.15, 0.2) is 6.10 Å². The summed E-state index contributed by atoms with van der Waals surface area (Å²) in [4.78, 5) is 25.0. The number of nitriles is 1. The Labute approximate surface area is 176 Å². The Hall–Kier alpha value is -3.37. The molecule has 0 aliphatic heterocycles. The average Bonchev–Trinajstić information content (AvgIpc) is 3.02. The lowest BCUT2D eigenvalue weighted by molar-refractivity contribution is -0.141. The molecule has 0 spiro atoms. The van der Waals surface area contributed by atoms with Gasteiger partial charge in [-0.05, 0) is 62.7 Å². The summed E-state index contributed by atoms with van der Waals surface area (Å²) in [6, 6.07) is 10.3. The van der Waals surface area contributed by atoms with E-state index in [1.807, 2.05) is 30.6 Å². The van der Waals surface area contributed by atoms with Crippen LogP contribution in [0, 0.1) is 25.2 Å². The molecule has 0 saturated heterocycles. The van der Waals surface area contributed by atoms with E-state index in [0.29, 0.717) is 24.5 Å². The fourth-order valence-electron chi connectivity index (χ4n) is 3.06. The molecule has 0 saturated carbocycles. The van der Waals surface area contributed by atoms with Crippen molar-refractivity contribution in [2.45, 2.75) is 33.4 Å². The molecule has 1 aromatic heterocycles. The van der Waals surface area contributed by atoms with Crippen LogP contribution >= 0.6 is 0 Å². The second-order valence-electron chi connectivity index (χ2n) is 6.78. The van der Waals surface area contributed by atoms with Crippen molar-refractivity contribution in [3.8, 4) is 11.8 Å². The molecule has 0 bridgehead atoms. The van der Waals surface area contributed by atoms with Gasteiger partial charge in [0.25, 0.3) is 0 Å². The number of nitrogens with zero attached hydrogens (tertiary/aromatic N) is 2. The van der Waals surface area contributed by atoms with E-state index in [0.717, 1.165) is 17.0 Å². The fourth-order valence-corrected chi connectivity index (χ4v) is 3.06. The number of hydrogen-bond acceptors (Lipinski definition) is 6. The molecule has 0 N–H and O–H groups in total. The Kier molecular flexibility index (Phi) is 7.96. The number of carbonyl (C=O) groups is 2. The zero-order valence-electron chi connectivity index (χ0n) is 17.9. The molecule has 1 aromatic carbocycles. The van der Waals surface area contributed by atoms with E-state index in [9.17, 15) is 14.9 Å². The first-order chi connectivity index (χ1) is 14.3. The number of methoxy groups -OCH3 is 2. The van der Waals surface area contributed by atoms with Crippen molar-refractivity contribution in [1.82, 2.24) is 4.57 Å². The van der Waals surface area contributed by atoms with Crippen molar-refractivity contribution >= 4 is 17.8 Å². The molecule has 2 aromatic rings. The second-order valence-corrected chi connectivity index (χ2v) is 6.78. The number of carbonyl (C=O) groups excluding carboxylic acids is 2.